The highest BCUT2D eigenvalue weighted by Crippen LogP contribution is 2.70. The van der Waals surface area contributed by atoms with Crippen LogP contribution in [0.4, 0.5) is 11.6 Å². The van der Waals surface area contributed by atoms with Crippen LogP contribution in [0.25, 0.3) is 11.0 Å². The molecule has 3 unspecified atom stereocenters. The highest BCUT2D eigenvalue weighted by Gasteiger charge is 2.59. The second kappa shape index (κ2) is 18.2. The molecule has 6 heterocycles. The third kappa shape index (κ3) is 9.06. The molecule has 4 aromatic rings. The van der Waals surface area contributed by atoms with Crippen molar-refractivity contribution in [3.05, 3.63) is 47.8 Å². The van der Waals surface area contributed by atoms with Crippen molar-refractivity contribution in [2.75, 3.05) is 53.1 Å². The molecule has 0 saturated carbocycles. The Kier molecular flexibility index (Phi) is 14.0. The smallest absolute Gasteiger partial charge is 0.387 e. The van der Waals surface area contributed by atoms with Gasteiger partial charge in [-0.2, -0.15) is 24.2 Å². The predicted octanol–water partition coefficient (Wildman–Crippen LogP) is -0.0911. The van der Waals surface area contributed by atoms with E-state index in [4.69, 9.17) is 39.0 Å². The minimum atomic E-state index is -5.58. The normalized spacial score (nSPS) is 29.3. The number of hydrogen-bond donors (Lipinski definition) is 7. The van der Waals surface area contributed by atoms with Crippen molar-refractivity contribution in [1.29, 1.82) is 10.5 Å². The van der Waals surface area contributed by atoms with Gasteiger partial charge in [-0.05, 0) is 24.3 Å². The lowest BCUT2D eigenvalue weighted by Crippen LogP contribution is -2.41. The van der Waals surface area contributed by atoms with Gasteiger partial charge in [0.05, 0.1) is 24.6 Å². The van der Waals surface area contributed by atoms with E-state index < -0.39 is 98.9 Å². The zero-order valence-corrected chi connectivity index (χ0v) is 36.4. The van der Waals surface area contributed by atoms with Crippen molar-refractivity contribution in [3.63, 3.8) is 0 Å². The molecule has 0 bridgehead atoms. The maximum absolute atomic E-state index is 13.6. The quantitative estimate of drug-likeness (QED) is 0.0604. The van der Waals surface area contributed by atoms with Crippen molar-refractivity contribution in [2.45, 2.75) is 54.4 Å². The summed E-state index contributed by atoms with van der Waals surface area (Å²) in [5, 5.41) is 72.9. The summed E-state index contributed by atoms with van der Waals surface area (Å²) in [6.07, 6.45) is -9.89. The Morgan fingerprint density at radius 1 is 0.730 bits per heavy atom. The molecule has 11 atom stereocenters. The lowest BCUT2D eigenvalue weighted by atomic mass is 9.92. The van der Waals surface area contributed by atoms with Crippen LogP contribution in [0.3, 0.4) is 0 Å². The largest absolute Gasteiger partial charge is 0.490 e. The Hall–Kier alpha value is -3.90. The highest BCUT2D eigenvalue weighted by atomic mass is 31.3. The van der Waals surface area contributed by atoms with E-state index in [-0.39, 0.29) is 39.9 Å². The molecule has 0 aliphatic carbocycles. The molecule has 0 aromatic carbocycles. The molecule has 34 heteroatoms. The number of anilines is 2. The van der Waals surface area contributed by atoms with Crippen molar-refractivity contribution >= 4 is 54.0 Å². The molecule has 0 amide bonds. The number of aromatic nitrogens is 6. The fourth-order valence-corrected chi connectivity index (χ4v) is 11.3. The van der Waals surface area contributed by atoms with Gasteiger partial charge in [0, 0.05) is 28.4 Å². The Labute approximate surface area is 354 Å². The van der Waals surface area contributed by atoms with Crippen LogP contribution in [-0.4, -0.2) is 133 Å². The van der Waals surface area contributed by atoms with Gasteiger partial charge in [0.15, 0.2) is 17.5 Å². The van der Waals surface area contributed by atoms with Gasteiger partial charge < -0.3 is 46.3 Å². The van der Waals surface area contributed by atoms with E-state index in [1.807, 2.05) is 6.07 Å². The standard InChI is InChI=1S/C29H38N10O20P4/c1-49-61(46,50-2)58-60(44,45)59-63(48,52-4)54-10-18-23(41)25(43)29(13-31,57-18)20-8-6-16-27(33)36-21(37-39(16)20)11-55-62(47,51-3)53-9-17-22(40)24(42)28(12-30,56-17)19-7-5-15-26(32)34-14-35-38(15)19/h5-8,14,17-18,22-25,40-43H,9-11H2,1-4H3,(H,44,45)(H2,32,34,35)(H2,33,36,37)/t17-,18-,22-,23-,24-,25-,28+,29+,62?,63?/m1/s1. The number of aliphatic hydroxyl groups is 4. The maximum Gasteiger partial charge on any atom is 0.490 e. The van der Waals surface area contributed by atoms with Gasteiger partial charge >= 0.3 is 31.3 Å². The average molecular weight is 971 g/mol. The number of nitrogen functional groups attached to an aromatic ring is 2. The Balaban J connectivity index is 1.16. The summed E-state index contributed by atoms with van der Waals surface area (Å²) in [5.74, 6) is -0.532. The van der Waals surface area contributed by atoms with Gasteiger partial charge in [-0.15, -0.1) is 5.10 Å². The van der Waals surface area contributed by atoms with E-state index in [0.717, 1.165) is 39.3 Å². The van der Waals surface area contributed by atoms with E-state index in [0.29, 0.717) is 0 Å². The van der Waals surface area contributed by atoms with E-state index in [1.165, 1.54) is 28.8 Å². The topological polar surface area (TPSA) is 431 Å². The molecule has 9 N–H and O–H groups in total. The molecule has 4 aromatic heterocycles. The van der Waals surface area contributed by atoms with Crippen LogP contribution in [0.15, 0.2) is 30.6 Å². The zero-order chi connectivity index (χ0) is 46.3. The molecule has 344 valence electrons. The van der Waals surface area contributed by atoms with Crippen LogP contribution in [0.1, 0.15) is 17.2 Å². The van der Waals surface area contributed by atoms with Crippen molar-refractivity contribution < 1.29 is 93.3 Å². The van der Waals surface area contributed by atoms with Gasteiger partial charge in [-0.3, -0.25) is 31.7 Å². The summed E-state index contributed by atoms with van der Waals surface area (Å²) < 4.78 is 108. The molecule has 6 rings (SSSR count). The number of nitrogens with two attached hydrogens (primary N) is 2. The lowest BCUT2D eigenvalue weighted by molar-refractivity contribution is -0.0650. The summed E-state index contributed by atoms with van der Waals surface area (Å²) in [7, 11) is -16.7. The minimum Gasteiger partial charge on any atom is -0.387 e. The monoisotopic (exact) mass is 970 g/mol. The summed E-state index contributed by atoms with van der Waals surface area (Å²) in [6, 6.07) is 9.01. The number of nitrogens with zero attached hydrogens (tertiary/aromatic N) is 8. The molecule has 30 nitrogen and oxygen atoms in total. The van der Waals surface area contributed by atoms with E-state index in [9.17, 15) is 54.1 Å². The van der Waals surface area contributed by atoms with E-state index in [2.05, 4.69) is 42.4 Å². The summed E-state index contributed by atoms with van der Waals surface area (Å²) >= 11 is 0. The van der Waals surface area contributed by atoms with Gasteiger partial charge in [-0.1, -0.05) is 0 Å². The summed E-state index contributed by atoms with van der Waals surface area (Å²) in [5.41, 5.74) is 7.35. The fourth-order valence-electron chi connectivity index (χ4n) is 6.40. The first-order valence-corrected chi connectivity index (χ1v) is 23.4. The summed E-state index contributed by atoms with van der Waals surface area (Å²) in [4.78, 5) is 18.0. The Morgan fingerprint density at radius 2 is 1.21 bits per heavy atom. The predicted molar refractivity (Wildman–Crippen MR) is 203 cm³/mol. The molecule has 63 heavy (non-hydrogen) atoms. The number of fused-ring (bicyclic) bond motifs is 2. The van der Waals surface area contributed by atoms with Crippen LogP contribution in [0.5, 0.6) is 0 Å². The van der Waals surface area contributed by atoms with Crippen LogP contribution < -0.4 is 11.5 Å². The maximum atomic E-state index is 13.6. The number of ether oxygens (including phenoxy) is 2. The van der Waals surface area contributed by atoms with Gasteiger partial charge in [0.1, 0.15) is 72.7 Å². The third-order valence-corrected chi connectivity index (χ3v) is 15.9. The molecule has 2 aliphatic rings. The number of phosphoric ester groups is 3. The van der Waals surface area contributed by atoms with Gasteiger partial charge in [0.25, 0.3) is 0 Å². The van der Waals surface area contributed by atoms with Crippen LogP contribution in [0.2, 0.25) is 0 Å². The van der Waals surface area contributed by atoms with Gasteiger partial charge in [0.2, 0.25) is 11.2 Å². The van der Waals surface area contributed by atoms with Crippen LogP contribution in [0, 0.1) is 22.7 Å². The molecule has 2 saturated heterocycles. The number of phosphoric acid groups is 4. The first-order chi connectivity index (χ1) is 29.6. The van der Waals surface area contributed by atoms with Crippen molar-refractivity contribution in [3.8, 4) is 12.1 Å². The summed E-state index contributed by atoms with van der Waals surface area (Å²) in [6.45, 7) is -2.60. The Morgan fingerprint density at radius 3 is 1.71 bits per heavy atom. The number of nitriles is 2. The molecule has 0 spiro atoms. The third-order valence-electron chi connectivity index (χ3n) is 9.52. The number of hydrogen-bond acceptors (Lipinski definition) is 27. The molecule has 0 radical (unpaired) electrons. The van der Waals surface area contributed by atoms with Crippen molar-refractivity contribution in [1.82, 2.24) is 29.2 Å². The van der Waals surface area contributed by atoms with Gasteiger partial charge in [-0.25, -0.2) is 37.3 Å². The van der Waals surface area contributed by atoms with Crippen LogP contribution >= 0.6 is 31.3 Å². The zero-order valence-electron chi connectivity index (χ0n) is 32.9. The average Bonchev–Trinajstić information content (AvgIpc) is 4.02. The molecular weight excluding hydrogens is 932 g/mol. The first-order valence-electron chi connectivity index (χ1n) is 17.5. The van der Waals surface area contributed by atoms with E-state index in [1.54, 1.807) is 6.07 Å². The second-order valence-electron chi connectivity index (χ2n) is 13.0. The van der Waals surface area contributed by atoms with Crippen LogP contribution in [-0.2, 0) is 85.8 Å². The van der Waals surface area contributed by atoms with Crippen molar-refractivity contribution in [2.24, 2.45) is 0 Å². The molecule has 2 aliphatic heterocycles. The lowest BCUT2D eigenvalue weighted by Gasteiger charge is -2.25. The second-order valence-corrected chi connectivity index (χ2v) is 20.2. The SMILES string of the molecule is COP(=O)(OCc1nc(N)c2ccc([C@]3(C#N)O[C@H](COP(=O)(OC)OP(=O)(O)OP(=O)(OC)OC)[C@@H](O)[C@H]3O)n2n1)OC[C@H]1O[C@@](C#N)(c2ccc3c(N)ncnn23)[C@H](O)[C@@H]1O. The fraction of sp³-hybridized carbons (Fsp3) is 0.517. The number of aliphatic hydroxyl groups excluding tert-OH is 4. The molecule has 2 fully saturated rings. The number of rotatable bonds is 19. The Bertz CT molecular complexity index is 2630. The minimum absolute atomic E-state index is 0.00935. The van der Waals surface area contributed by atoms with E-state index >= 15 is 0 Å². The highest BCUT2D eigenvalue weighted by molar-refractivity contribution is 7.67. The molecular formula is C29H38N10O20P4. The first kappa shape index (κ1) is 48.6.